The molecule has 0 spiro atoms. The van der Waals surface area contributed by atoms with Gasteiger partial charge in [-0.15, -0.1) is 0 Å². The molecule has 166 valence electrons. The van der Waals surface area contributed by atoms with Gasteiger partial charge in [-0.2, -0.15) is 0 Å². The molecule has 1 aliphatic heterocycles. The van der Waals surface area contributed by atoms with Gasteiger partial charge in [-0.05, 0) is 67.1 Å². The molecule has 0 bridgehead atoms. The maximum atomic E-state index is 13.0. The molecule has 0 aromatic heterocycles. The van der Waals surface area contributed by atoms with E-state index >= 15 is 0 Å². The van der Waals surface area contributed by atoms with Gasteiger partial charge >= 0.3 is 6.03 Å². The van der Waals surface area contributed by atoms with Crippen LogP contribution in [0.5, 0.6) is 0 Å². The predicted molar refractivity (Wildman–Crippen MR) is 128 cm³/mol. The number of halogens is 1. The molecule has 1 fully saturated rings. The average Bonchev–Trinajstić information content (AvgIpc) is 2.74. The van der Waals surface area contributed by atoms with Gasteiger partial charge in [-0.1, -0.05) is 32.4 Å². The zero-order valence-electron chi connectivity index (χ0n) is 18.4. The highest BCUT2D eigenvalue weighted by molar-refractivity contribution is 6.30. The lowest BCUT2D eigenvalue weighted by Crippen LogP contribution is -2.35. The van der Waals surface area contributed by atoms with Crippen LogP contribution in [-0.4, -0.2) is 31.6 Å². The summed E-state index contributed by atoms with van der Waals surface area (Å²) in [6.45, 7) is 8.84. The van der Waals surface area contributed by atoms with E-state index in [2.05, 4.69) is 41.6 Å². The Morgan fingerprint density at radius 2 is 1.65 bits per heavy atom. The Balaban J connectivity index is 1.77. The third-order valence-electron chi connectivity index (χ3n) is 5.40. The minimum atomic E-state index is -0.379. The Morgan fingerprint density at radius 1 is 1.03 bits per heavy atom. The molecule has 1 saturated heterocycles. The molecule has 0 aliphatic carbocycles. The fourth-order valence-corrected chi connectivity index (χ4v) is 3.67. The van der Waals surface area contributed by atoms with Crippen LogP contribution >= 0.6 is 11.6 Å². The van der Waals surface area contributed by atoms with Crippen LogP contribution in [0.1, 0.15) is 44.0 Å². The maximum Gasteiger partial charge on any atom is 0.323 e. The summed E-state index contributed by atoms with van der Waals surface area (Å²) in [5.74, 6) is 0.936. The number of piperidine rings is 1. The number of nitrogens with one attached hydrogen (secondary N) is 3. The zero-order valence-corrected chi connectivity index (χ0v) is 19.1. The quantitative estimate of drug-likeness (QED) is 0.544. The standard InChI is InChI=1S/C24H31ClN4O2/c1-16(2)15-26-23(30)21-14-20(8-9-22(21)29-12-10-17(3)11-13-29)28-24(31)27-19-6-4-18(25)5-7-19/h4-9,14,16-17H,10-13,15H2,1-3H3,(H,26,30)(H2,27,28,31). The fourth-order valence-electron chi connectivity index (χ4n) is 3.54. The van der Waals surface area contributed by atoms with E-state index < -0.39 is 0 Å². The Labute approximate surface area is 189 Å². The molecule has 0 radical (unpaired) electrons. The van der Waals surface area contributed by atoms with Crippen LogP contribution < -0.4 is 20.9 Å². The van der Waals surface area contributed by atoms with Gasteiger partial charge in [0.1, 0.15) is 0 Å². The van der Waals surface area contributed by atoms with Crippen LogP contribution in [0.2, 0.25) is 5.02 Å². The van der Waals surface area contributed by atoms with Gasteiger partial charge in [0.05, 0.1) is 5.56 Å². The first-order chi connectivity index (χ1) is 14.8. The van der Waals surface area contributed by atoms with Crippen molar-refractivity contribution in [3.05, 3.63) is 53.1 Å². The van der Waals surface area contributed by atoms with Gasteiger partial charge in [-0.25, -0.2) is 4.79 Å². The normalized spacial score (nSPS) is 14.4. The summed E-state index contributed by atoms with van der Waals surface area (Å²) in [7, 11) is 0. The lowest BCUT2D eigenvalue weighted by Gasteiger charge is -2.33. The van der Waals surface area contributed by atoms with Crippen molar-refractivity contribution in [2.75, 3.05) is 35.2 Å². The number of nitrogens with zero attached hydrogens (tertiary/aromatic N) is 1. The third-order valence-corrected chi connectivity index (χ3v) is 5.65. The first-order valence-corrected chi connectivity index (χ1v) is 11.2. The van der Waals surface area contributed by atoms with Gasteiger partial charge in [-0.3, -0.25) is 4.79 Å². The van der Waals surface area contributed by atoms with Gasteiger partial charge in [0.15, 0.2) is 0 Å². The van der Waals surface area contributed by atoms with E-state index in [1.807, 2.05) is 12.1 Å². The molecule has 3 N–H and O–H groups in total. The number of urea groups is 1. The number of hydrogen-bond donors (Lipinski definition) is 3. The Hall–Kier alpha value is -2.73. The Morgan fingerprint density at radius 3 is 2.29 bits per heavy atom. The van der Waals surface area contributed by atoms with E-state index in [-0.39, 0.29) is 11.9 Å². The second kappa shape index (κ2) is 10.5. The molecule has 0 unspecified atom stereocenters. The van der Waals surface area contributed by atoms with Crippen molar-refractivity contribution in [2.24, 2.45) is 11.8 Å². The SMILES string of the molecule is CC(C)CNC(=O)c1cc(NC(=O)Nc2ccc(Cl)cc2)ccc1N1CCC(C)CC1. The van der Waals surface area contributed by atoms with Crippen LogP contribution in [0.3, 0.4) is 0 Å². The van der Waals surface area contributed by atoms with E-state index in [0.29, 0.717) is 40.3 Å². The van der Waals surface area contributed by atoms with Crippen molar-refractivity contribution >= 4 is 40.6 Å². The number of rotatable bonds is 6. The van der Waals surface area contributed by atoms with E-state index in [1.165, 1.54) is 0 Å². The van der Waals surface area contributed by atoms with Crippen molar-refractivity contribution in [3.63, 3.8) is 0 Å². The van der Waals surface area contributed by atoms with Crippen molar-refractivity contribution in [2.45, 2.75) is 33.6 Å². The third kappa shape index (κ3) is 6.62. The van der Waals surface area contributed by atoms with Crippen LogP contribution in [0.4, 0.5) is 21.9 Å². The maximum absolute atomic E-state index is 13.0. The van der Waals surface area contributed by atoms with Crippen LogP contribution in [-0.2, 0) is 0 Å². The molecule has 6 nitrogen and oxygen atoms in total. The van der Waals surface area contributed by atoms with E-state index in [9.17, 15) is 9.59 Å². The van der Waals surface area contributed by atoms with E-state index in [4.69, 9.17) is 11.6 Å². The van der Waals surface area contributed by atoms with Gasteiger partial charge < -0.3 is 20.9 Å². The highest BCUT2D eigenvalue weighted by atomic mass is 35.5. The number of carbonyl (C=O) groups excluding carboxylic acids is 2. The molecule has 3 rings (SSSR count). The summed E-state index contributed by atoms with van der Waals surface area (Å²) in [6, 6.07) is 12.0. The molecular formula is C24H31ClN4O2. The Bertz CT molecular complexity index is 906. The summed E-state index contributed by atoms with van der Waals surface area (Å²) in [5, 5.41) is 9.20. The molecule has 3 amide bonds. The number of amides is 3. The van der Waals surface area contributed by atoms with Gasteiger partial charge in [0.25, 0.3) is 5.91 Å². The summed E-state index contributed by atoms with van der Waals surface area (Å²) in [4.78, 5) is 27.6. The highest BCUT2D eigenvalue weighted by Crippen LogP contribution is 2.29. The molecule has 7 heteroatoms. The van der Waals surface area contributed by atoms with Crippen molar-refractivity contribution in [1.29, 1.82) is 0 Å². The van der Waals surface area contributed by atoms with Gasteiger partial charge in [0, 0.05) is 41.7 Å². The second-order valence-electron chi connectivity index (χ2n) is 8.59. The lowest BCUT2D eigenvalue weighted by atomic mass is 9.97. The molecule has 1 aliphatic rings. The smallest absolute Gasteiger partial charge is 0.323 e. The molecule has 2 aromatic rings. The van der Waals surface area contributed by atoms with Crippen molar-refractivity contribution in [3.8, 4) is 0 Å². The average molecular weight is 443 g/mol. The predicted octanol–water partition coefficient (Wildman–Crippen LogP) is 5.61. The first kappa shape index (κ1) is 22.9. The molecule has 0 saturated carbocycles. The number of anilines is 3. The van der Waals surface area contributed by atoms with Crippen LogP contribution in [0, 0.1) is 11.8 Å². The minimum absolute atomic E-state index is 0.121. The lowest BCUT2D eigenvalue weighted by molar-refractivity contribution is 0.0949. The van der Waals surface area contributed by atoms with Crippen molar-refractivity contribution in [1.82, 2.24) is 5.32 Å². The number of hydrogen-bond acceptors (Lipinski definition) is 3. The van der Waals surface area contributed by atoms with Crippen LogP contribution in [0.25, 0.3) is 0 Å². The highest BCUT2D eigenvalue weighted by Gasteiger charge is 2.22. The summed E-state index contributed by atoms with van der Waals surface area (Å²) >= 11 is 5.89. The molecule has 1 heterocycles. The van der Waals surface area contributed by atoms with Crippen molar-refractivity contribution < 1.29 is 9.59 Å². The van der Waals surface area contributed by atoms with Gasteiger partial charge in [0.2, 0.25) is 0 Å². The molecule has 31 heavy (non-hydrogen) atoms. The zero-order chi connectivity index (χ0) is 22.4. The Kier molecular flexibility index (Phi) is 7.80. The summed E-state index contributed by atoms with van der Waals surface area (Å²) < 4.78 is 0. The summed E-state index contributed by atoms with van der Waals surface area (Å²) in [6.07, 6.45) is 2.22. The summed E-state index contributed by atoms with van der Waals surface area (Å²) in [5.41, 5.74) is 2.70. The largest absolute Gasteiger partial charge is 0.371 e. The first-order valence-electron chi connectivity index (χ1n) is 10.8. The fraction of sp³-hybridized carbons (Fsp3) is 0.417. The molecule has 0 atom stereocenters. The number of benzene rings is 2. The van der Waals surface area contributed by atoms with Crippen LogP contribution in [0.15, 0.2) is 42.5 Å². The second-order valence-corrected chi connectivity index (χ2v) is 9.03. The monoisotopic (exact) mass is 442 g/mol. The molecule has 2 aromatic carbocycles. The number of carbonyl (C=O) groups is 2. The van der Waals surface area contributed by atoms with E-state index in [0.717, 1.165) is 31.6 Å². The van der Waals surface area contributed by atoms with E-state index in [1.54, 1.807) is 30.3 Å². The topological polar surface area (TPSA) is 73.5 Å². The molecular weight excluding hydrogens is 412 g/mol. The minimum Gasteiger partial charge on any atom is -0.371 e.